The average Bonchev–Trinajstić information content (AvgIpc) is 2.15. The summed E-state index contributed by atoms with van der Waals surface area (Å²) in [6.07, 6.45) is -5.58. The van der Waals surface area contributed by atoms with E-state index in [0.717, 1.165) is 13.3 Å². The Morgan fingerprint density at radius 1 is 1.50 bits per heavy atom. The number of rotatable bonds is 7. The van der Waals surface area contributed by atoms with Crippen LogP contribution in [0.4, 0.5) is 13.2 Å². The zero-order chi connectivity index (χ0) is 12.8. The third kappa shape index (κ3) is 5.92. The lowest BCUT2D eigenvalue weighted by Crippen LogP contribution is -2.46. The van der Waals surface area contributed by atoms with Crippen LogP contribution in [0, 0.1) is 0 Å². The molecule has 0 saturated heterocycles. The minimum Gasteiger partial charge on any atom is -0.368 e. The highest BCUT2D eigenvalue weighted by atomic mass is 19.4. The largest absolute Gasteiger partial charge is 0.414 e. The SMILES string of the molecule is CCCNC(COC(C)C(F)(F)F)C(N)=O. The summed E-state index contributed by atoms with van der Waals surface area (Å²) >= 11 is 0. The van der Waals surface area contributed by atoms with Crippen molar-refractivity contribution >= 4 is 5.91 Å². The van der Waals surface area contributed by atoms with Crippen molar-refractivity contribution in [1.82, 2.24) is 5.32 Å². The Kier molecular flexibility index (Phi) is 6.35. The summed E-state index contributed by atoms with van der Waals surface area (Å²) in [5.41, 5.74) is 5.01. The van der Waals surface area contributed by atoms with Gasteiger partial charge in [-0.05, 0) is 19.9 Å². The number of primary amides is 1. The Hall–Kier alpha value is -0.820. The molecule has 4 nitrogen and oxygen atoms in total. The van der Waals surface area contributed by atoms with Crippen LogP contribution in [-0.2, 0) is 9.53 Å². The van der Waals surface area contributed by atoms with E-state index in [-0.39, 0.29) is 6.61 Å². The quantitative estimate of drug-likeness (QED) is 0.694. The molecule has 0 radical (unpaired) electrons. The van der Waals surface area contributed by atoms with Crippen molar-refractivity contribution in [3.63, 3.8) is 0 Å². The lowest BCUT2D eigenvalue weighted by Gasteiger charge is -2.20. The van der Waals surface area contributed by atoms with Crippen LogP contribution >= 0.6 is 0 Å². The zero-order valence-electron chi connectivity index (χ0n) is 9.30. The van der Waals surface area contributed by atoms with Crippen LogP contribution in [0.25, 0.3) is 0 Å². The first-order valence-electron chi connectivity index (χ1n) is 5.00. The van der Waals surface area contributed by atoms with Gasteiger partial charge in [-0.1, -0.05) is 6.92 Å². The average molecular weight is 242 g/mol. The minimum absolute atomic E-state index is 0.379. The molecule has 7 heteroatoms. The third-order valence-corrected chi connectivity index (χ3v) is 1.96. The van der Waals surface area contributed by atoms with E-state index < -0.39 is 24.2 Å². The number of alkyl halides is 3. The maximum Gasteiger partial charge on any atom is 0.414 e. The van der Waals surface area contributed by atoms with E-state index >= 15 is 0 Å². The van der Waals surface area contributed by atoms with Gasteiger partial charge < -0.3 is 15.8 Å². The standard InChI is InChI=1S/C9H17F3N2O2/c1-3-4-14-7(8(13)15)5-16-6(2)9(10,11)12/h6-7,14H,3-5H2,1-2H3,(H2,13,15). The van der Waals surface area contributed by atoms with Crippen molar-refractivity contribution in [3.05, 3.63) is 0 Å². The first kappa shape index (κ1) is 15.2. The van der Waals surface area contributed by atoms with Crippen molar-refractivity contribution in [2.45, 2.75) is 38.6 Å². The van der Waals surface area contributed by atoms with Gasteiger partial charge in [0, 0.05) is 0 Å². The number of nitrogens with one attached hydrogen (secondary N) is 1. The molecule has 2 unspecified atom stereocenters. The fourth-order valence-electron chi connectivity index (χ4n) is 0.895. The predicted octanol–water partition coefficient (Wildman–Crippen LogP) is 0.807. The van der Waals surface area contributed by atoms with Gasteiger partial charge in [0.05, 0.1) is 6.61 Å². The van der Waals surface area contributed by atoms with Gasteiger partial charge in [0.25, 0.3) is 0 Å². The van der Waals surface area contributed by atoms with E-state index in [4.69, 9.17) is 5.73 Å². The molecule has 0 aliphatic rings. The third-order valence-electron chi connectivity index (χ3n) is 1.96. The molecule has 0 aromatic rings. The Balaban J connectivity index is 4.07. The van der Waals surface area contributed by atoms with Crippen LogP contribution < -0.4 is 11.1 Å². The lowest BCUT2D eigenvalue weighted by atomic mass is 10.3. The minimum atomic E-state index is -4.42. The van der Waals surface area contributed by atoms with Crippen molar-refractivity contribution in [3.8, 4) is 0 Å². The van der Waals surface area contributed by atoms with E-state index in [0.29, 0.717) is 6.54 Å². The molecule has 3 N–H and O–H groups in total. The highest BCUT2D eigenvalue weighted by Crippen LogP contribution is 2.22. The second-order valence-electron chi connectivity index (χ2n) is 3.43. The molecule has 0 aliphatic carbocycles. The molecule has 0 aromatic heterocycles. The van der Waals surface area contributed by atoms with E-state index in [1.165, 1.54) is 0 Å². The second kappa shape index (κ2) is 6.70. The maximum atomic E-state index is 12.1. The molecule has 0 aromatic carbocycles. The molecule has 0 rings (SSSR count). The first-order valence-corrected chi connectivity index (χ1v) is 5.00. The number of nitrogens with two attached hydrogens (primary N) is 1. The Morgan fingerprint density at radius 3 is 2.44 bits per heavy atom. The molecule has 0 saturated carbocycles. The molecule has 0 bridgehead atoms. The highest BCUT2D eigenvalue weighted by Gasteiger charge is 2.37. The van der Waals surface area contributed by atoms with Crippen molar-refractivity contribution in [1.29, 1.82) is 0 Å². The van der Waals surface area contributed by atoms with Gasteiger partial charge in [-0.3, -0.25) is 4.79 Å². The zero-order valence-corrected chi connectivity index (χ0v) is 9.30. The van der Waals surface area contributed by atoms with Gasteiger partial charge in [-0.15, -0.1) is 0 Å². The summed E-state index contributed by atoms with van der Waals surface area (Å²) in [5.74, 6) is -0.720. The van der Waals surface area contributed by atoms with Crippen LogP contribution in [0.5, 0.6) is 0 Å². The fraction of sp³-hybridized carbons (Fsp3) is 0.889. The molecule has 96 valence electrons. The molecule has 2 atom stereocenters. The molecule has 0 spiro atoms. The number of hydrogen-bond acceptors (Lipinski definition) is 3. The lowest BCUT2D eigenvalue weighted by molar-refractivity contribution is -0.215. The van der Waals surface area contributed by atoms with Crippen molar-refractivity contribution < 1.29 is 22.7 Å². The van der Waals surface area contributed by atoms with Gasteiger partial charge >= 0.3 is 6.18 Å². The van der Waals surface area contributed by atoms with Crippen LogP contribution in [0.15, 0.2) is 0 Å². The van der Waals surface area contributed by atoms with Gasteiger partial charge in [0.1, 0.15) is 6.04 Å². The van der Waals surface area contributed by atoms with Gasteiger partial charge in [0.15, 0.2) is 6.10 Å². The second-order valence-corrected chi connectivity index (χ2v) is 3.43. The van der Waals surface area contributed by atoms with Gasteiger partial charge in [0.2, 0.25) is 5.91 Å². The summed E-state index contributed by atoms with van der Waals surface area (Å²) in [7, 11) is 0. The Morgan fingerprint density at radius 2 is 2.06 bits per heavy atom. The summed E-state index contributed by atoms with van der Waals surface area (Å²) < 4.78 is 40.8. The van der Waals surface area contributed by atoms with Crippen LogP contribution in [0.2, 0.25) is 0 Å². The smallest absolute Gasteiger partial charge is 0.368 e. The number of ether oxygens (including phenoxy) is 1. The number of carbonyl (C=O) groups is 1. The molecule has 0 fully saturated rings. The number of hydrogen-bond donors (Lipinski definition) is 2. The Bertz CT molecular complexity index is 221. The molecular formula is C9H17F3N2O2. The van der Waals surface area contributed by atoms with E-state index in [9.17, 15) is 18.0 Å². The molecule has 16 heavy (non-hydrogen) atoms. The Labute approximate surface area is 92.3 Å². The van der Waals surface area contributed by atoms with E-state index in [2.05, 4.69) is 10.1 Å². The van der Waals surface area contributed by atoms with Crippen LogP contribution in [0.1, 0.15) is 20.3 Å². The molecule has 1 amide bonds. The van der Waals surface area contributed by atoms with E-state index in [1.54, 1.807) is 0 Å². The summed E-state index contributed by atoms with van der Waals surface area (Å²) in [6.45, 7) is 2.87. The first-order chi connectivity index (χ1) is 7.29. The fourth-order valence-corrected chi connectivity index (χ4v) is 0.895. The van der Waals surface area contributed by atoms with Gasteiger partial charge in [-0.25, -0.2) is 0 Å². The number of carbonyl (C=O) groups excluding carboxylic acids is 1. The number of amides is 1. The predicted molar refractivity (Wildman–Crippen MR) is 52.7 cm³/mol. The van der Waals surface area contributed by atoms with Crippen LogP contribution in [-0.4, -0.2) is 37.4 Å². The maximum absolute atomic E-state index is 12.1. The summed E-state index contributed by atoms with van der Waals surface area (Å²) in [4.78, 5) is 10.9. The topological polar surface area (TPSA) is 64.3 Å². The highest BCUT2D eigenvalue weighted by molar-refractivity contribution is 5.79. The molecular weight excluding hydrogens is 225 g/mol. The normalized spacial score (nSPS) is 15.8. The molecule has 0 aliphatic heterocycles. The van der Waals surface area contributed by atoms with Crippen molar-refractivity contribution in [2.24, 2.45) is 5.73 Å². The summed E-state index contributed by atoms with van der Waals surface area (Å²) in [6, 6.07) is -0.884. The monoisotopic (exact) mass is 242 g/mol. The van der Waals surface area contributed by atoms with Gasteiger partial charge in [-0.2, -0.15) is 13.2 Å². The van der Waals surface area contributed by atoms with Crippen LogP contribution in [0.3, 0.4) is 0 Å². The summed E-state index contributed by atoms with van der Waals surface area (Å²) in [5, 5.41) is 2.71. The molecule has 0 heterocycles. The number of halogens is 3. The van der Waals surface area contributed by atoms with Crippen molar-refractivity contribution in [2.75, 3.05) is 13.2 Å². The van der Waals surface area contributed by atoms with E-state index in [1.807, 2.05) is 6.92 Å².